The topological polar surface area (TPSA) is 78.9 Å². The average Bonchev–Trinajstić information content (AvgIpc) is 2.74. The first-order valence-corrected chi connectivity index (χ1v) is 5.58. The fourth-order valence-corrected chi connectivity index (χ4v) is 1.64. The second kappa shape index (κ2) is 5.70. The van der Waals surface area contributed by atoms with Gasteiger partial charge in [-0.25, -0.2) is 0 Å². The highest BCUT2D eigenvalue weighted by molar-refractivity contribution is 5.30. The van der Waals surface area contributed by atoms with Crippen LogP contribution in [0, 0.1) is 0 Å². The molecule has 6 nitrogen and oxygen atoms in total. The molecule has 2 N–H and O–H groups in total. The van der Waals surface area contributed by atoms with E-state index >= 15 is 0 Å². The van der Waals surface area contributed by atoms with E-state index in [1.807, 2.05) is 0 Å². The largest absolute Gasteiger partial charge is 0.435 e. The summed E-state index contributed by atoms with van der Waals surface area (Å²) in [5.74, 6) is 0.574. The second-order valence-corrected chi connectivity index (χ2v) is 3.96. The first-order chi connectivity index (χ1) is 9.04. The number of nitrogens with zero attached hydrogens (tertiary/aromatic N) is 4. The molecule has 0 aliphatic heterocycles. The van der Waals surface area contributed by atoms with E-state index in [0.29, 0.717) is 17.8 Å². The molecule has 19 heavy (non-hydrogen) atoms. The highest BCUT2D eigenvalue weighted by Crippen LogP contribution is 2.21. The van der Waals surface area contributed by atoms with Crippen LogP contribution in [0.1, 0.15) is 17.4 Å². The highest BCUT2D eigenvalue weighted by Gasteiger charge is 2.12. The van der Waals surface area contributed by atoms with Crippen LogP contribution in [0.3, 0.4) is 0 Å². The van der Waals surface area contributed by atoms with Gasteiger partial charge in [-0.3, -0.25) is 0 Å². The summed E-state index contributed by atoms with van der Waals surface area (Å²) in [6.45, 7) is -2.85. The summed E-state index contributed by atoms with van der Waals surface area (Å²) in [7, 11) is 1.65. The zero-order chi connectivity index (χ0) is 13.8. The van der Waals surface area contributed by atoms with Gasteiger partial charge in [0.25, 0.3) is 0 Å². The lowest BCUT2D eigenvalue weighted by molar-refractivity contribution is -0.0499. The van der Waals surface area contributed by atoms with E-state index in [2.05, 4.69) is 20.1 Å². The molecule has 0 fully saturated rings. The van der Waals surface area contributed by atoms with E-state index in [1.165, 1.54) is 16.9 Å². The lowest BCUT2D eigenvalue weighted by Crippen LogP contribution is -2.14. The lowest BCUT2D eigenvalue weighted by atomic mass is 10.0. The average molecular weight is 269 g/mol. The smallest absolute Gasteiger partial charge is 0.387 e. The highest BCUT2D eigenvalue weighted by atomic mass is 19.3. The molecular formula is C11H13F2N5O. The van der Waals surface area contributed by atoms with Gasteiger partial charge in [-0.2, -0.15) is 13.6 Å². The molecule has 2 aromatic rings. The number of hydrogen-bond acceptors (Lipinski definition) is 5. The van der Waals surface area contributed by atoms with Gasteiger partial charge in [0, 0.05) is 12.5 Å². The van der Waals surface area contributed by atoms with Gasteiger partial charge in [0.05, 0.1) is 7.05 Å². The van der Waals surface area contributed by atoms with Gasteiger partial charge < -0.3 is 10.5 Å². The van der Waals surface area contributed by atoms with E-state index in [-0.39, 0.29) is 5.75 Å². The Morgan fingerprint density at radius 2 is 2.21 bits per heavy atom. The summed E-state index contributed by atoms with van der Waals surface area (Å²) < 4.78 is 28.6. The zero-order valence-electron chi connectivity index (χ0n) is 10.2. The Morgan fingerprint density at radius 3 is 2.84 bits per heavy atom. The molecule has 0 saturated heterocycles. The monoisotopic (exact) mass is 269 g/mol. The Labute approximate surface area is 108 Å². The third-order valence-electron chi connectivity index (χ3n) is 2.46. The van der Waals surface area contributed by atoms with Crippen molar-refractivity contribution in [3.8, 4) is 5.75 Å². The van der Waals surface area contributed by atoms with Crippen LogP contribution in [-0.4, -0.2) is 26.8 Å². The van der Waals surface area contributed by atoms with E-state index in [4.69, 9.17) is 5.73 Å². The Hall–Kier alpha value is -2.09. The predicted molar refractivity (Wildman–Crippen MR) is 62.5 cm³/mol. The molecule has 8 heteroatoms. The molecule has 1 aromatic carbocycles. The predicted octanol–water partition coefficient (Wildman–Crippen LogP) is 1.05. The van der Waals surface area contributed by atoms with Crippen LogP contribution in [-0.2, 0) is 13.5 Å². The molecule has 1 unspecified atom stereocenters. The van der Waals surface area contributed by atoms with Crippen molar-refractivity contribution >= 4 is 0 Å². The Kier molecular flexibility index (Phi) is 4.00. The van der Waals surface area contributed by atoms with Crippen LogP contribution in [0.4, 0.5) is 8.78 Å². The third kappa shape index (κ3) is 3.68. The van der Waals surface area contributed by atoms with Crippen molar-refractivity contribution in [2.24, 2.45) is 12.8 Å². The van der Waals surface area contributed by atoms with E-state index in [9.17, 15) is 8.78 Å². The number of hydrogen-bond donors (Lipinski definition) is 1. The van der Waals surface area contributed by atoms with E-state index < -0.39 is 12.7 Å². The molecule has 1 heterocycles. The summed E-state index contributed by atoms with van der Waals surface area (Å²) in [5, 5.41) is 11.5. The normalized spacial score (nSPS) is 12.7. The first kappa shape index (κ1) is 13.3. The number of ether oxygens (including phenoxy) is 1. The maximum atomic E-state index is 12.1. The first-order valence-electron chi connectivity index (χ1n) is 5.58. The minimum atomic E-state index is -2.85. The molecule has 2 rings (SSSR count). The van der Waals surface area contributed by atoms with Crippen molar-refractivity contribution in [3.05, 3.63) is 35.7 Å². The summed E-state index contributed by atoms with van der Waals surface area (Å²) >= 11 is 0. The Balaban J connectivity index is 2.08. The number of halogens is 2. The molecule has 0 spiro atoms. The van der Waals surface area contributed by atoms with Gasteiger partial charge in [-0.05, 0) is 22.9 Å². The van der Waals surface area contributed by atoms with Crippen LogP contribution < -0.4 is 10.5 Å². The zero-order valence-corrected chi connectivity index (χ0v) is 10.2. The van der Waals surface area contributed by atoms with Crippen molar-refractivity contribution in [3.63, 3.8) is 0 Å². The van der Waals surface area contributed by atoms with Crippen molar-refractivity contribution < 1.29 is 13.5 Å². The van der Waals surface area contributed by atoms with Gasteiger partial charge >= 0.3 is 6.61 Å². The van der Waals surface area contributed by atoms with Gasteiger partial charge in [-0.15, -0.1) is 10.2 Å². The van der Waals surface area contributed by atoms with Crippen LogP contribution in [0.15, 0.2) is 24.3 Å². The number of aromatic nitrogens is 4. The summed E-state index contributed by atoms with van der Waals surface area (Å²) in [6.07, 6.45) is 0.367. The molecule has 1 aromatic heterocycles. The van der Waals surface area contributed by atoms with Crippen LogP contribution in [0.2, 0.25) is 0 Å². The molecular weight excluding hydrogens is 256 g/mol. The summed E-state index contributed by atoms with van der Waals surface area (Å²) in [6, 6.07) is 5.86. The van der Waals surface area contributed by atoms with Crippen molar-refractivity contribution in [1.29, 1.82) is 0 Å². The van der Waals surface area contributed by atoms with Crippen LogP contribution in [0.25, 0.3) is 0 Å². The van der Waals surface area contributed by atoms with Gasteiger partial charge in [-0.1, -0.05) is 12.1 Å². The molecule has 0 bridgehead atoms. The molecule has 1 atom stereocenters. The summed E-state index contributed by atoms with van der Waals surface area (Å²) in [5.41, 5.74) is 6.65. The summed E-state index contributed by atoms with van der Waals surface area (Å²) in [4.78, 5) is 1.33. The lowest BCUT2D eigenvalue weighted by Gasteiger charge is -2.11. The second-order valence-electron chi connectivity index (χ2n) is 3.96. The standard InChI is InChI=1S/C11H13F2N5O/c1-18-16-10(15-17-18)6-9(14)7-3-2-4-8(5-7)19-11(12)13/h2-5,9,11H,6,14H2,1H3. The van der Waals surface area contributed by atoms with E-state index in [1.54, 1.807) is 19.2 Å². The number of tetrazole rings is 1. The SMILES string of the molecule is Cn1nnc(CC(N)c2cccc(OC(F)F)c2)n1. The molecule has 0 aliphatic carbocycles. The number of rotatable bonds is 5. The van der Waals surface area contributed by atoms with Crippen molar-refractivity contribution in [1.82, 2.24) is 20.2 Å². The number of alkyl halides is 2. The van der Waals surface area contributed by atoms with Crippen molar-refractivity contribution in [2.75, 3.05) is 0 Å². The maximum absolute atomic E-state index is 12.1. The third-order valence-corrected chi connectivity index (χ3v) is 2.46. The van der Waals surface area contributed by atoms with E-state index in [0.717, 1.165) is 0 Å². The Bertz CT molecular complexity index is 545. The van der Waals surface area contributed by atoms with Crippen LogP contribution >= 0.6 is 0 Å². The fraction of sp³-hybridized carbons (Fsp3) is 0.364. The fourth-order valence-electron chi connectivity index (χ4n) is 1.64. The number of nitrogens with two attached hydrogens (primary N) is 1. The van der Waals surface area contributed by atoms with Gasteiger partial charge in [0.1, 0.15) is 5.75 Å². The Morgan fingerprint density at radius 1 is 1.42 bits per heavy atom. The molecule has 0 radical (unpaired) electrons. The van der Waals surface area contributed by atoms with Crippen molar-refractivity contribution in [2.45, 2.75) is 19.1 Å². The number of aryl methyl sites for hydroxylation is 1. The van der Waals surface area contributed by atoms with Gasteiger partial charge in [0.15, 0.2) is 5.82 Å². The molecule has 0 saturated carbocycles. The minimum Gasteiger partial charge on any atom is -0.435 e. The molecule has 0 amide bonds. The van der Waals surface area contributed by atoms with Gasteiger partial charge in [0.2, 0.25) is 0 Å². The molecule has 0 aliphatic rings. The quantitative estimate of drug-likeness (QED) is 0.877. The molecule has 102 valence electrons. The minimum absolute atomic E-state index is 0.0788. The van der Waals surface area contributed by atoms with Crippen LogP contribution in [0.5, 0.6) is 5.75 Å². The number of benzene rings is 1. The maximum Gasteiger partial charge on any atom is 0.387 e.